The smallest absolute Gasteiger partial charge is 0.341 e. The van der Waals surface area contributed by atoms with Gasteiger partial charge in [0.2, 0.25) is 0 Å². The lowest BCUT2D eigenvalue weighted by Gasteiger charge is -2.06. The number of para-hydroxylation sites is 1. The number of hydrogen-bond donors (Lipinski definition) is 2. The average molecular weight is 393 g/mol. The summed E-state index contributed by atoms with van der Waals surface area (Å²) in [5, 5.41) is 13.5. The topological polar surface area (TPSA) is 95.0 Å². The highest BCUT2D eigenvalue weighted by molar-refractivity contribution is 7.16. The Labute approximate surface area is 166 Å². The van der Waals surface area contributed by atoms with Crippen molar-refractivity contribution in [3.8, 4) is 6.07 Å². The first-order chi connectivity index (χ1) is 13.5. The number of aromatic amines is 1. The number of ether oxygens (including phenoxy) is 1. The van der Waals surface area contributed by atoms with E-state index in [2.05, 4.69) is 10.3 Å². The lowest BCUT2D eigenvalue weighted by molar-refractivity contribution is -0.112. The van der Waals surface area contributed by atoms with Gasteiger partial charge in [-0.15, -0.1) is 11.3 Å². The van der Waals surface area contributed by atoms with Gasteiger partial charge in [0.15, 0.2) is 0 Å². The number of H-pyrrole nitrogens is 1. The molecule has 0 saturated heterocycles. The Bertz CT molecular complexity index is 1130. The Morgan fingerprint density at radius 1 is 1.32 bits per heavy atom. The number of anilines is 1. The third kappa shape index (κ3) is 3.68. The second-order valence-corrected chi connectivity index (χ2v) is 7.35. The van der Waals surface area contributed by atoms with Crippen LogP contribution in [-0.4, -0.2) is 23.5 Å². The molecule has 2 aromatic heterocycles. The van der Waals surface area contributed by atoms with Gasteiger partial charge in [-0.2, -0.15) is 5.26 Å². The van der Waals surface area contributed by atoms with Crippen LogP contribution in [0.1, 0.15) is 33.3 Å². The number of carbonyl (C=O) groups is 2. The Morgan fingerprint density at radius 2 is 2.07 bits per heavy atom. The summed E-state index contributed by atoms with van der Waals surface area (Å²) in [6.07, 6.45) is 3.28. The number of thiophene rings is 1. The number of aromatic nitrogens is 1. The van der Waals surface area contributed by atoms with Gasteiger partial charge in [-0.05, 0) is 38.5 Å². The minimum Gasteiger partial charge on any atom is -0.462 e. The first-order valence-electron chi connectivity index (χ1n) is 8.72. The van der Waals surface area contributed by atoms with Crippen molar-refractivity contribution < 1.29 is 14.3 Å². The van der Waals surface area contributed by atoms with E-state index in [9.17, 15) is 14.9 Å². The number of nitriles is 1. The first kappa shape index (κ1) is 19.4. The molecule has 0 atom stereocenters. The SMILES string of the molecule is CCOC(=O)c1c(NC(=O)C(C#N)=Cc2c[nH]c3ccccc23)sc(C)c1C. The fourth-order valence-corrected chi connectivity index (χ4v) is 3.90. The van der Waals surface area contributed by atoms with Crippen molar-refractivity contribution in [3.63, 3.8) is 0 Å². The number of aryl methyl sites for hydroxylation is 1. The van der Waals surface area contributed by atoms with Crippen molar-refractivity contribution in [2.24, 2.45) is 0 Å². The molecule has 0 bridgehead atoms. The first-order valence-corrected chi connectivity index (χ1v) is 9.54. The van der Waals surface area contributed by atoms with Crippen LogP contribution in [-0.2, 0) is 9.53 Å². The van der Waals surface area contributed by atoms with Crippen LogP contribution in [0.15, 0.2) is 36.0 Å². The van der Waals surface area contributed by atoms with Crippen LogP contribution >= 0.6 is 11.3 Å². The number of amides is 1. The molecule has 1 aromatic carbocycles. The quantitative estimate of drug-likeness (QED) is 0.377. The third-order valence-corrected chi connectivity index (χ3v) is 5.50. The highest BCUT2D eigenvalue weighted by atomic mass is 32.1. The molecule has 0 aliphatic rings. The molecule has 0 aliphatic heterocycles. The van der Waals surface area contributed by atoms with Gasteiger partial charge in [-0.3, -0.25) is 4.79 Å². The zero-order chi connectivity index (χ0) is 20.3. The molecule has 0 spiro atoms. The van der Waals surface area contributed by atoms with Gasteiger partial charge < -0.3 is 15.0 Å². The van der Waals surface area contributed by atoms with Gasteiger partial charge in [-0.1, -0.05) is 18.2 Å². The third-order valence-electron chi connectivity index (χ3n) is 4.38. The molecular weight excluding hydrogens is 374 g/mol. The van der Waals surface area contributed by atoms with Crippen LogP contribution in [0.25, 0.3) is 17.0 Å². The van der Waals surface area contributed by atoms with Crippen molar-refractivity contribution >= 4 is 45.2 Å². The predicted molar refractivity (Wildman–Crippen MR) is 110 cm³/mol. The molecule has 6 nitrogen and oxygen atoms in total. The lowest BCUT2D eigenvalue weighted by atomic mass is 10.1. The van der Waals surface area contributed by atoms with Gasteiger partial charge in [0.05, 0.1) is 12.2 Å². The Kier molecular flexibility index (Phi) is 5.62. The molecule has 0 radical (unpaired) electrons. The van der Waals surface area contributed by atoms with Crippen molar-refractivity contribution in [2.45, 2.75) is 20.8 Å². The summed E-state index contributed by atoms with van der Waals surface area (Å²) in [5.74, 6) is -1.06. The number of rotatable bonds is 5. The van der Waals surface area contributed by atoms with Crippen LogP contribution in [0.3, 0.4) is 0 Å². The minimum atomic E-state index is -0.570. The van der Waals surface area contributed by atoms with E-state index in [1.54, 1.807) is 20.0 Å². The summed E-state index contributed by atoms with van der Waals surface area (Å²) in [4.78, 5) is 29.0. The molecule has 0 unspecified atom stereocenters. The number of carbonyl (C=O) groups excluding carboxylic acids is 2. The largest absolute Gasteiger partial charge is 0.462 e. The van der Waals surface area contributed by atoms with Crippen molar-refractivity contribution in [2.75, 3.05) is 11.9 Å². The van der Waals surface area contributed by atoms with E-state index in [1.807, 2.05) is 37.3 Å². The van der Waals surface area contributed by atoms with E-state index in [-0.39, 0.29) is 12.2 Å². The van der Waals surface area contributed by atoms with E-state index in [4.69, 9.17) is 4.74 Å². The van der Waals surface area contributed by atoms with Crippen molar-refractivity contribution in [3.05, 3.63) is 57.6 Å². The van der Waals surface area contributed by atoms with E-state index in [1.165, 1.54) is 17.4 Å². The summed E-state index contributed by atoms with van der Waals surface area (Å²) in [6.45, 7) is 5.64. The summed E-state index contributed by atoms with van der Waals surface area (Å²) in [7, 11) is 0. The molecule has 0 fully saturated rings. The molecule has 3 rings (SSSR count). The standard InChI is InChI=1S/C21H19N3O3S/c1-4-27-21(26)18-12(2)13(3)28-20(18)24-19(25)14(10-22)9-15-11-23-17-8-6-5-7-16(15)17/h5-9,11,23H,4H2,1-3H3,(H,24,25). The highest BCUT2D eigenvalue weighted by Gasteiger charge is 2.23. The second kappa shape index (κ2) is 8.11. The maximum atomic E-state index is 12.7. The number of esters is 1. The van der Waals surface area contributed by atoms with Crippen LogP contribution < -0.4 is 5.32 Å². The van der Waals surface area contributed by atoms with Crippen LogP contribution in [0.5, 0.6) is 0 Å². The van der Waals surface area contributed by atoms with Crippen LogP contribution in [0.4, 0.5) is 5.00 Å². The molecule has 1 amide bonds. The second-order valence-electron chi connectivity index (χ2n) is 6.12. The number of fused-ring (bicyclic) bond motifs is 1. The van der Waals surface area contributed by atoms with E-state index in [0.29, 0.717) is 10.6 Å². The zero-order valence-corrected chi connectivity index (χ0v) is 16.6. The molecule has 0 aliphatic carbocycles. The molecule has 3 aromatic rings. The van der Waals surface area contributed by atoms with Gasteiger partial charge in [0.1, 0.15) is 16.6 Å². The summed E-state index contributed by atoms with van der Waals surface area (Å²) >= 11 is 1.29. The number of benzene rings is 1. The number of hydrogen-bond acceptors (Lipinski definition) is 5. The summed E-state index contributed by atoms with van der Waals surface area (Å²) in [5.41, 5.74) is 2.70. The monoisotopic (exact) mass is 393 g/mol. The lowest BCUT2D eigenvalue weighted by Crippen LogP contribution is -2.16. The number of nitrogens with zero attached hydrogens (tertiary/aromatic N) is 1. The number of nitrogens with one attached hydrogen (secondary N) is 2. The Hall–Kier alpha value is -3.37. The molecule has 2 heterocycles. The van der Waals surface area contributed by atoms with E-state index >= 15 is 0 Å². The normalized spacial score (nSPS) is 11.3. The van der Waals surface area contributed by atoms with Gasteiger partial charge in [0.25, 0.3) is 5.91 Å². The van der Waals surface area contributed by atoms with Crippen molar-refractivity contribution in [1.29, 1.82) is 5.26 Å². The van der Waals surface area contributed by atoms with Crippen LogP contribution in [0.2, 0.25) is 0 Å². The van der Waals surface area contributed by atoms with Gasteiger partial charge in [0, 0.05) is 27.5 Å². The van der Waals surface area contributed by atoms with Gasteiger partial charge >= 0.3 is 5.97 Å². The Balaban J connectivity index is 1.93. The summed E-state index contributed by atoms with van der Waals surface area (Å²) < 4.78 is 5.10. The average Bonchev–Trinajstić information content (AvgIpc) is 3.20. The fourth-order valence-electron chi connectivity index (χ4n) is 2.85. The van der Waals surface area contributed by atoms with Crippen molar-refractivity contribution in [1.82, 2.24) is 4.98 Å². The zero-order valence-electron chi connectivity index (χ0n) is 15.8. The minimum absolute atomic E-state index is 0.0525. The maximum Gasteiger partial charge on any atom is 0.341 e. The van der Waals surface area contributed by atoms with E-state index < -0.39 is 11.9 Å². The molecule has 0 saturated carbocycles. The molecule has 2 N–H and O–H groups in total. The Morgan fingerprint density at radius 3 is 2.79 bits per heavy atom. The van der Waals surface area contributed by atoms with E-state index in [0.717, 1.165) is 26.9 Å². The fraction of sp³-hybridized carbons (Fsp3) is 0.190. The molecular formula is C21H19N3O3S. The molecule has 28 heavy (non-hydrogen) atoms. The molecule has 142 valence electrons. The highest BCUT2D eigenvalue weighted by Crippen LogP contribution is 2.33. The maximum absolute atomic E-state index is 12.7. The molecule has 7 heteroatoms. The van der Waals surface area contributed by atoms with Crippen LogP contribution in [0, 0.1) is 25.2 Å². The predicted octanol–water partition coefficient (Wildman–Crippen LogP) is 4.57. The summed E-state index contributed by atoms with van der Waals surface area (Å²) in [6, 6.07) is 9.57. The van der Waals surface area contributed by atoms with Gasteiger partial charge in [-0.25, -0.2) is 4.79 Å².